The van der Waals surface area contributed by atoms with E-state index in [1.807, 2.05) is 13.8 Å². The van der Waals surface area contributed by atoms with Gasteiger partial charge >= 0.3 is 5.97 Å². The van der Waals surface area contributed by atoms with Crippen LogP contribution < -0.4 is 0 Å². The maximum atomic E-state index is 10.8. The third-order valence-electron chi connectivity index (χ3n) is 2.01. The first-order chi connectivity index (χ1) is 5.07. The Kier molecular flexibility index (Phi) is 2.47. The average Bonchev–Trinajstić information content (AvgIpc) is 1.77. The normalized spacial score (nSPS) is 21.4. The molecule has 0 radical (unpaired) electrons. The van der Waals surface area contributed by atoms with Gasteiger partial charge in [-0.3, -0.25) is 4.79 Å². The maximum Gasteiger partial charge on any atom is 0.319 e. The fraction of sp³-hybridized carbons (Fsp3) is 0.875. The standard InChI is InChI=1S/C8H14O2S/c1-6(2)11-8(7(9)10)4-3-5-8/h6H,3-5H2,1-2H3,(H,9,10). The van der Waals surface area contributed by atoms with Crippen LogP contribution in [0.1, 0.15) is 33.1 Å². The zero-order chi connectivity index (χ0) is 8.48. The van der Waals surface area contributed by atoms with E-state index >= 15 is 0 Å². The van der Waals surface area contributed by atoms with E-state index in [-0.39, 0.29) is 0 Å². The third kappa shape index (κ3) is 1.70. The van der Waals surface area contributed by atoms with Crippen LogP contribution in [0.25, 0.3) is 0 Å². The van der Waals surface area contributed by atoms with Crippen molar-refractivity contribution in [3.63, 3.8) is 0 Å². The molecule has 0 amide bonds. The predicted octanol–water partition coefficient (Wildman–Crippen LogP) is 2.14. The summed E-state index contributed by atoms with van der Waals surface area (Å²) < 4.78 is -0.422. The van der Waals surface area contributed by atoms with Gasteiger partial charge in [0.15, 0.2) is 0 Å². The lowest BCUT2D eigenvalue weighted by Crippen LogP contribution is -2.42. The molecular formula is C8H14O2S. The fourth-order valence-corrected chi connectivity index (χ4v) is 2.86. The van der Waals surface area contributed by atoms with Gasteiger partial charge in [-0.05, 0) is 19.3 Å². The first kappa shape index (κ1) is 8.91. The van der Waals surface area contributed by atoms with Gasteiger partial charge in [0.25, 0.3) is 0 Å². The van der Waals surface area contributed by atoms with Crippen molar-refractivity contribution in [1.29, 1.82) is 0 Å². The molecular weight excluding hydrogens is 160 g/mol. The van der Waals surface area contributed by atoms with E-state index in [4.69, 9.17) is 5.11 Å². The quantitative estimate of drug-likeness (QED) is 0.712. The molecule has 64 valence electrons. The van der Waals surface area contributed by atoms with Crippen LogP contribution >= 0.6 is 11.8 Å². The van der Waals surface area contributed by atoms with Gasteiger partial charge in [-0.2, -0.15) is 0 Å². The molecule has 1 N–H and O–H groups in total. The average molecular weight is 174 g/mol. The Balaban J connectivity index is 2.54. The van der Waals surface area contributed by atoms with Crippen molar-refractivity contribution in [2.45, 2.75) is 43.1 Å². The van der Waals surface area contributed by atoms with E-state index in [1.54, 1.807) is 11.8 Å². The second-order valence-electron chi connectivity index (χ2n) is 3.32. The van der Waals surface area contributed by atoms with Gasteiger partial charge in [-0.25, -0.2) is 0 Å². The molecule has 0 atom stereocenters. The van der Waals surface area contributed by atoms with E-state index in [1.165, 1.54) is 0 Å². The van der Waals surface area contributed by atoms with Crippen molar-refractivity contribution in [1.82, 2.24) is 0 Å². The molecule has 1 aliphatic carbocycles. The van der Waals surface area contributed by atoms with Crippen LogP contribution in [0.15, 0.2) is 0 Å². The Morgan fingerprint density at radius 1 is 1.55 bits per heavy atom. The van der Waals surface area contributed by atoms with Crippen LogP contribution in [0.5, 0.6) is 0 Å². The highest BCUT2D eigenvalue weighted by atomic mass is 32.2. The fourth-order valence-electron chi connectivity index (χ4n) is 1.33. The molecule has 1 saturated carbocycles. The van der Waals surface area contributed by atoms with E-state index in [2.05, 4.69) is 0 Å². The Bertz CT molecular complexity index is 161. The lowest BCUT2D eigenvalue weighted by Gasteiger charge is -2.38. The molecule has 0 aliphatic heterocycles. The van der Waals surface area contributed by atoms with Gasteiger partial charge < -0.3 is 5.11 Å². The highest BCUT2D eigenvalue weighted by Crippen LogP contribution is 2.46. The van der Waals surface area contributed by atoms with Crippen molar-refractivity contribution in [2.24, 2.45) is 0 Å². The van der Waals surface area contributed by atoms with Gasteiger partial charge in [0.2, 0.25) is 0 Å². The monoisotopic (exact) mass is 174 g/mol. The topological polar surface area (TPSA) is 37.3 Å². The highest BCUT2D eigenvalue weighted by Gasteiger charge is 2.45. The summed E-state index contributed by atoms with van der Waals surface area (Å²) in [5.41, 5.74) is 0. The lowest BCUT2D eigenvalue weighted by atomic mass is 9.84. The van der Waals surface area contributed by atoms with Crippen LogP contribution in [0.2, 0.25) is 0 Å². The molecule has 3 heteroatoms. The molecule has 11 heavy (non-hydrogen) atoms. The molecule has 0 unspecified atom stereocenters. The van der Waals surface area contributed by atoms with Crippen molar-refractivity contribution in [3.8, 4) is 0 Å². The zero-order valence-corrected chi connectivity index (χ0v) is 7.78. The number of carboxylic acid groups (broad SMARTS) is 1. The second-order valence-corrected chi connectivity index (χ2v) is 5.28. The molecule has 1 fully saturated rings. The summed E-state index contributed by atoms with van der Waals surface area (Å²) in [6, 6.07) is 0. The number of thioether (sulfide) groups is 1. The Morgan fingerprint density at radius 3 is 2.18 bits per heavy atom. The number of hydrogen-bond donors (Lipinski definition) is 1. The van der Waals surface area contributed by atoms with E-state index in [0.717, 1.165) is 19.3 Å². The summed E-state index contributed by atoms with van der Waals surface area (Å²) >= 11 is 1.60. The molecule has 0 aromatic heterocycles. The first-order valence-corrected chi connectivity index (χ1v) is 4.86. The maximum absolute atomic E-state index is 10.8. The van der Waals surface area contributed by atoms with Crippen LogP contribution in [-0.2, 0) is 4.79 Å². The molecule has 1 rings (SSSR count). The summed E-state index contributed by atoms with van der Waals surface area (Å²) in [4.78, 5) is 10.8. The molecule has 1 aliphatic rings. The van der Waals surface area contributed by atoms with Crippen LogP contribution in [0, 0.1) is 0 Å². The number of carbonyl (C=O) groups is 1. The van der Waals surface area contributed by atoms with Crippen molar-refractivity contribution in [3.05, 3.63) is 0 Å². The lowest BCUT2D eigenvalue weighted by molar-refractivity contribution is -0.142. The predicted molar refractivity (Wildman–Crippen MR) is 46.9 cm³/mol. The van der Waals surface area contributed by atoms with Crippen LogP contribution in [-0.4, -0.2) is 21.1 Å². The summed E-state index contributed by atoms with van der Waals surface area (Å²) in [5.74, 6) is -0.623. The first-order valence-electron chi connectivity index (χ1n) is 3.98. The molecule has 0 aromatic rings. The van der Waals surface area contributed by atoms with Gasteiger partial charge in [0, 0.05) is 5.25 Å². The Labute approximate surface area is 71.4 Å². The second kappa shape index (κ2) is 3.05. The smallest absolute Gasteiger partial charge is 0.319 e. The summed E-state index contributed by atoms with van der Waals surface area (Å²) in [6.45, 7) is 4.10. The van der Waals surface area contributed by atoms with E-state index in [0.29, 0.717) is 5.25 Å². The SMILES string of the molecule is CC(C)SC1(C(=O)O)CCC1. The van der Waals surface area contributed by atoms with E-state index < -0.39 is 10.7 Å². The van der Waals surface area contributed by atoms with Crippen LogP contribution in [0.3, 0.4) is 0 Å². The van der Waals surface area contributed by atoms with Gasteiger partial charge in [0.1, 0.15) is 4.75 Å². The Hall–Kier alpha value is -0.180. The van der Waals surface area contributed by atoms with Crippen molar-refractivity contribution < 1.29 is 9.90 Å². The van der Waals surface area contributed by atoms with Crippen LogP contribution in [0.4, 0.5) is 0 Å². The minimum atomic E-state index is -0.623. The minimum Gasteiger partial charge on any atom is -0.480 e. The molecule has 0 heterocycles. The number of carboxylic acids is 1. The summed E-state index contributed by atoms with van der Waals surface area (Å²) in [6.07, 6.45) is 2.78. The van der Waals surface area contributed by atoms with E-state index in [9.17, 15) is 4.79 Å². The largest absolute Gasteiger partial charge is 0.480 e. The highest BCUT2D eigenvalue weighted by molar-refractivity contribution is 8.02. The molecule has 0 bridgehead atoms. The minimum absolute atomic E-state index is 0.422. The Morgan fingerprint density at radius 2 is 2.09 bits per heavy atom. The molecule has 0 aromatic carbocycles. The molecule has 0 saturated heterocycles. The number of hydrogen-bond acceptors (Lipinski definition) is 2. The zero-order valence-electron chi connectivity index (χ0n) is 6.96. The van der Waals surface area contributed by atoms with Gasteiger partial charge in [-0.1, -0.05) is 13.8 Å². The summed E-state index contributed by atoms with van der Waals surface area (Å²) in [7, 11) is 0. The van der Waals surface area contributed by atoms with Crippen molar-refractivity contribution in [2.75, 3.05) is 0 Å². The number of rotatable bonds is 3. The van der Waals surface area contributed by atoms with Gasteiger partial charge in [-0.15, -0.1) is 11.8 Å². The number of aliphatic carboxylic acids is 1. The summed E-state index contributed by atoms with van der Waals surface area (Å²) in [5, 5.41) is 9.33. The van der Waals surface area contributed by atoms with Gasteiger partial charge in [0.05, 0.1) is 0 Å². The molecule has 2 nitrogen and oxygen atoms in total. The molecule has 0 spiro atoms. The van der Waals surface area contributed by atoms with Crippen molar-refractivity contribution >= 4 is 17.7 Å². The third-order valence-corrected chi connectivity index (χ3v) is 3.52.